The molecule has 1 fully saturated rings. The smallest absolute Gasteiger partial charge is 0.251 e. The zero-order valence-corrected chi connectivity index (χ0v) is 14.1. The molecule has 124 valence electrons. The van der Waals surface area contributed by atoms with E-state index in [1.165, 1.54) is 17.4 Å². The van der Waals surface area contributed by atoms with E-state index < -0.39 is 0 Å². The first kappa shape index (κ1) is 16.3. The van der Waals surface area contributed by atoms with E-state index >= 15 is 0 Å². The van der Waals surface area contributed by atoms with Crippen molar-refractivity contribution in [3.63, 3.8) is 0 Å². The monoisotopic (exact) mass is 342 g/mol. The number of aromatic nitrogens is 2. The Bertz CT molecular complexity index is 763. The van der Waals surface area contributed by atoms with Gasteiger partial charge in [-0.1, -0.05) is 30.4 Å². The highest BCUT2D eigenvalue weighted by molar-refractivity contribution is 7.15. The third-order valence-corrected chi connectivity index (χ3v) is 4.50. The van der Waals surface area contributed by atoms with Crippen molar-refractivity contribution in [2.24, 2.45) is 0 Å². The highest BCUT2D eigenvalue weighted by atomic mass is 32.1. The van der Waals surface area contributed by atoms with E-state index in [9.17, 15) is 9.59 Å². The standard InChI is InChI=1S/C17H18N4O2S/c1-2-15-20-21-17(24-15)19-14(22)10-5-11-3-6-12(7-4-11)16(23)18-13-8-9-13/h3-7,10,13H,2,8-9H2,1H3,(H,18,23)(H,19,21,22)/b10-5+. The van der Waals surface area contributed by atoms with E-state index in [1.54, 1.807) is 18.2 Å². The van der Waals surface area contributed by atoms with Crippen LogP contribution < -0.4 is 10.6 Å². The minimum atomic E-state index is -0.260. The van der Waals surface area contributed by atoms with Gasteiger partial charge in [0.25, 0.3) is 5.91 Å². The SMILES string of the molecule is CCc1nnc(NC(=O)/C=C/c2ccc(C(=O)NC3CC3)cc2)s1. The molecule has 1 heterocycles. The molecule has 0 unspecified atom stereocenters. The highest BCUT2D eigenvalue weighted by Crippen LogP contribution is 2.19. The summed E-state index contributed by atoms with van der Waals surface area (Å²) in [5.41, 5.74) is 1.48. The van der Waals surface area contributed by atoms with E-state index in [1.807, 2.05) is 19.1 Å². The van der Waals surface area contributed by atoms with Crippen LogP contribution in [-0.4, -0.2) is 28.1 Å². The van der Waals surface area contributed by atoms with Gasteiger partial charge in [-0.2, -0.15) is 0 Å². The van der Waals surface area contributed by atoms with Crippen LogP contribution in [0.3, 0.4) is 0 Å². The maximum Gasteiger partial charge on any atom is 0.251 e. The number of hydrogen-bond donors (Lipinski definition) is 2. The maximum absolute atomic E-state index is 11.9. The van der Waals surface area contributed by atoms with Crippen LogP contribution >= 0.6 is 11.3 Å². The molecule has 0 bridgehead atoms. The van der Waals surface area contributed by atoms with Gasteiger partial charge in [0.2, 0.25) is 11.0 Å². The lowest BCUT2D eigenvalue weighted by Crippen LogP contribution is -2.25. The molecule has 24 heavy (non-hydrogen) atoms. The predicted molar refractivity (Wildman–Crippen MR) is 93.9 cm³/mol. The van der Waals surface area contributed by atoms with Crippen molar-refractivity contribution in [2.75, 3.05) is 5.32 Å². The average molecular weight is 342 g/mol. The van der Waals surface area contributed by atoms with E-state index in [0.717, 1.165) is 29.8 Å². The summed E-state index contributed by atoms with van der Waals surface area (Å²) in [6, 6.07) is 7.48. The molecule has 2 amide bonds. The van der Waals surface area contributed by atoms with E-state index in [-0.39, 0.29) is 11.8 Å². The van der Waals surface area contributed by atoms with Gasteiger partial charge >= 0.3 is 0 Å². The molecule has 7 heteroatoms. The van der Waals surface area contributed by atoms with Crippen LogP contribution in [0.1, 0.15) is 40.7 Å². The molecule has 0 radical (unpaired) electrons. The molecule has 1 aromatic heterocycles. The number of carbonyl (C=O) groups excluding carboxylic acids is 2. The normalized spacial score (nSPS) is 13.9. The van der Waals surface area contributed by atoms with Crippen LogP contribution in [0.4, 0.5) is 5.13 Å². The minimum Gasteiger partial charge on any atom is -0.349 e. The molecule has 6 nitrogen and oxygen atoms in total. The summed E-state index contributed by atoms with van der Waals surface area (Å²) in [6.07, 6.45) is 6.06. The number of nitrogens with one attached hydrogen (secondary N) is 2. The zero-order valence-electron chi connectivity index (χ0n) is 13.3. The molecular formula is C17H18N4O2S. The maximum atomic E-state index is 11.9. The van der Waals surface area contributed by atoms with Crippen molar-refractivity contribution >= 4 is 34.4 Å². The fraction of sp³-hybridized carbons (Fsp3) is 0.294. The molecule has 0 atom stereocenters. The molecule has 0 spiro atoms. The third kappa shape index (κ3) is 4.48. The molecule has 1 aliphatic carbocycles. The average Bonchev–Trinajstić information content (AvgIpc) is 3.29. The van der Waals surface area contributed by atoms with Gasteiger partial charge in [0, 0.05) is 17.7 Å². The molecule has 1 aliphatic rings. The summed E-state index contributed by atoms with van der Waals surface area (Å²) in [4.78, 5) is 23.8. The lowest BCUT2D eigenvalue weighted by atomic mass is 10.1. The van der Waals surface area contributed by atoms with Crippen LogP contribution in [0.15, 0.2) is 30.3 Å². The van der Waals surface area contributed by atoms with Crippen molar-refractivity contribution in [1.82, 2.24) is 15.5 Å². The lowest BCUT2D eigenvalue weighted by Gasteiger charge is -2.03. The number of nitrogens with zero attached hydrogens (tertiary/aromatic N) is 2. The number of rotatable bonds is 6. The Hall–Kier alpha value is -2.54. The van der Waals surface area contributed by atoms with Gasteiger partial charge in [0.15, 0.2) is 0 Å². The molecule has 1 saturated carbocycles. The van der Waals surface area contributed by atoms with Crippen LogP contribution in [0.2, 0.25) is 0 Å². The predicted octanol–water partition coefficient (Wildman–Crippen LogP) is 2.64. The number of hydrogen-bond acceptors (Lipinski definition) is 5. The van der Waals surface area contributed by atoms with Crippen LogP contribution in [0, 0.1) is 0 Å². The van der Waals surface area contributed by atoms with Crippen LogP contribution in [0.25, 0.3) is 6.08 Å². The summed E-state index contributed by atoms with van der Waals surface area (Å²) < 4.78 is 0. The second-order valence-corrected chi connectivity index (χ2v) is 6.61. The minimum absolute atomic E-state index is 0.0474. The number of amides is 2. The van der Waals surface area contributed by atoms with Crippen molar-refractivity contribution in [1.29, 1.82) is 0 Å². The summed E-state index contributed by atoms with van der Waals surface area (Å²) >= 11 is 1.37. The first-order valence-corrected chi connectivity index (χ1v) is 8.68. The van der Waals surface area contributed by atoms with Gasteiger partial charge in [0.1, 0.15) is 5.01 Å². The second kappa shape index (κ2) is 7.35. The number of aryl methyl sites for hydroxylation is 1. The topological polar surface area (TPSA) is 84.0 Å². The van der Waals surface area contributed by atoms with E-state index in [2.05, 4.69) is 20.8 Å². The largest absolute Gasteiger partial charge is 0.349 e. The molecule has 2 aromatic rings. The summed E-state index contributed by atoms with van der Waals surface area (Å²) in [6.45, 7) is 1.99. The molecule has 0 saturated heterocycles. The first-order chi connectivity index (χ1) is 11.6. The Balaban J connectivity index is 1.55. The van der Waals surface area contributed by atoms with Gasteiger partial charge in [-0.15, -0.1) is 10.2 Å². The van der Waals surface area contributed by atoms with E-state index in [0.29, 0.717) is 16.7 Å². The molecule has 2 N–H and O–H groups in total. The molecule has 3 rings (SSSR count). The van der Waals surface area contributed by atoms with E-state index in [4.69, 9.17) is 0 Å². The Morgan fingerprint density at radius 2 is 2.00 bits per heavy atom. The summed E-state index contributed by atoms with van der Waals surface area (Å²) in [7, 11) is 0. The molecule has 1 aromatic carbocycles. The Morgan fingerprint density at radius 3 is 2.62 bits per heavy atom. The number of anilines is 1. The van der Waals surface area contributed by atoms with Gasteiger partial charge < -0.3 is 5.32 Å². The first-order valence-electron chi connectivity index (χ1n) is 7.86. The highest BCUT2D eigenvalue weighted by Gasteiger charge is 2.23. The zero-order chi connectivity index (χ0) is 16.9. The number of carbonyl (C=O) groups is 2. The van der Waals surface area contributed by atoms with Gasteiger partial charge in [-0.3, -0.25) is 14.9 Å². The molecule has 0 aliphatic heterocycles. The third-order valence-electron chi connectivity index (χ3n) is 3.51. The summed E-state index contributed by atoms with van der Waals surface area (Å²) in [5.74, 6) is -0.307. The lowest BCUT2D eigenvalue weighted by molar-refractivity contribution is -0.111. The van der Waals surface area contributed by atoms with Crippen molar-refractivity contribution in [3.05, 3.63) is 46.5 Å². The number of benzene rings is 1. The van der Waals surface area contributed by atoms with Crippen LogP contribution in [0.5, 0.6) is 0 Å². The van der Waals surface area contributed by atoms with Gasteiger partial charge in [-0.25, -0.2) is 0 Å². The van der Waals surface area contributed by atoms with Crippen molar-refractivity contribution in [3.8, 4) is 0 Å². The summed E-state index contributed by atoms with van der Waals surface area (Å²) in [5, 5.41) is 14.8. The van der Waals surface area contributed by atoms with Crippen molar-refractivity contribution < 1.29 is 9.59 Å². The van der Waals surface area contributed by atoms with Gasteiger partial charge in [0.05, 0.1) is 0 Å². The quantitative estimate of drug-likeness (QED) is 0.791. The second-order valence-electron chi connectivity index (χ2n) is 5.55. The Kier molecular flexibility index (Phi) is 5.00. The van der Waals surface area contributed by atoms with Crippen molar-refractivity contribution in [2.45, 2.75) is 32.2 Å². The Morgan fingerprint density at radius 1 is 1.25 bits per heavy atom. The molecular weight excluding hydrogens is 324 g/mol. The Labute approximate surface area is 144 Å². The van der Waals surface area contributed by atoms with Crippen LogP contribution in [-0.2, 0) is 11.2 Å². The fourth-order valence-corrected chi connectivity index (χ4v) is 2.69. The van der Waals surface area contributed by atoms with Gasteiger partial charge in [-0.05, 0) is 43.0 Å². The fourth-order valence-electron chi connectivity index (χ4n) is 2.01.